The topological polar surface area (TPSA) is 45.0 Å². The van der Waals surface area contributed by atoms with Gasteiger partial charge in [0.25, 0.3) is 0 Å². The normalized spacial score (nSPS) is 9.71. The van der Waals surface area contributed by atoms with Crippen molar-refractivity contribution in [2.75, 3.05) is 31.0 Å². The molecule has 1 rings (SSSR count). The first kappa shape index (κ1) is 13.7. The van der Waals surface area contributed by atoms with E-state index in [2.05, 4.69) is 17.6 Å². The van der Waals surface area contributed by atoms with Gasteiger partial charge in [-0.25, -0.2) is 0 Å². The van der Waals surface area contributed by atoms with Crippen LogP contribution in [0.25, 0.3) is 0 Å². The molecule has 0 atom stereocenters. The summed E-state index contributed by atoms with van der Waals surface area (Å²) in [5, 5.41) is 12.3. The second-order valence-electron chi connectivity index (χ2n) is 3.65. The highest BCUT2D eigenvalue weighted by molar-refractivity contribution is 7.98. The van der Waals surface area contributed by atoms with Crippen molar-refractivity contribution in [3.05, 3.63) is 23.8 Å². The molecule has 1 aromatic rings. The van der Waals surface area contributed by atoms with Crippen molar-refractivity contribution in [2.24, 2.45) is 0 Å². The van der Waals surface area contributed by atoms with E-state index in [4.69, 9.17) is 10.00 Å². The lowest BCUT2D eigenvalue weighted by Crippen LogP contribution is -2.04. The van der Waals surface area contributed by atoms with Crippen molar-refractivity contribution >= 4 is 17.4 Å². The lowest BCUT2D eigenvalue weighted by Gasteiger charge is -2.09. The van der Waals surface area contributed by atoms with Gasteiger partial charge in [-0.1, -0.05) is 0 Å². The van der Waals surface area contributed by atoms with E-state index in [0.717, 1.165) is 24.4 Å². The van der Waals surface area contributed by atoms with Crippen molar-refractivity contribution in [3.8, 4) is 11.8 Å². The van der Waals surface area contributed by atoms with Gasteiger partial charge in [0.1, 0.15) is 11.8 Å². The quantitative estimate of drug-likeness (QED) is 0.755. The minimum Gasteiger partial charge on any atom is -0.497 e. The minimum absolute atomic E-state index is 0.663. The molecule has 0 aliphatic rings. The number of rotatable bonds is 7. The van der Waals surface area contributed by atoms with Crippen LogP contribution in [-0.2, 0) is 0 Å². The molecular weight excluding hydrogens is 232 g/mol. The number of benzene rings is 1. The number of anilines is 1. The summed E-state index contributed by atoms with van der Waals surface area (Å²) < 4.78 is 5.15. The third-order valence-corrected chi connectivity index (χ3v) is 3.13. The maximum absolute atomic E-state index is 8.99. The molecule has 0 bridgehead atoms. The zero-order valence-electron chi connectivity index (χ0n) is 10.3. The van der Waals surface area contributed by atoms with E-state index in [-0.39, 0.29) is 0 Å². The maximum atomic E-state index is 8.99. The number of ether oxygens (including phenoxy) is 1. The van der Waals surface area contributed by atoms with E-state index >= 15 is 0 Å². The number of hydrogen-bond acceptors (Lipinski definition) is 4. The SMILES string of the molecule is COc1ccc(C#N)c(NCCCCSC)c1. The second kappa shape index (κ2) is 7.86. The number of unbranched alkanes of at least 4 members (excludes halogenated alkanes) is 1. The number of nitrogens with zero attached hydrogens (tertiary/aromatic N) is 1. The van der Waals surface area contributed by atoms with E-state index < -0.39 is 0 Å². The summed E-state index contributed by atoms with van der Waals surface area (Å²) in [5.74, 6) is 1.96. The van der Waals surface area contributed by atoms with Crippen molar-refractivity contribution in [3.63, 3.8) is 0 Å². The van der Waals surface area contributed by atoms with Crippen LogP contribution in [0.5, 0.6) is 5.75 Å². The zero-order chi connectivity index (χ0) is 12.5. The fraction of sp³-hybridized carbons (Fsp3) is 0.462. The van der Waals surface area contributed by atoms with Crippen LogP contribution < -0.4 is 10.1 Å². The Morgan fingerprint density at radius 1 is 1.41 bits per heavy atom. The van der Waals surface area contributed by atoms with Gasteiger partial charge in [0.15, 0.2) is 0 Å². The summed E-state index contributed by atoms with van der Waals surface area (Å²) in [4.78, 5) is 0. The maximum Gasteiger partial charge on any atom is 0.121 e. The predicted molar refractivity (Wildman–Crippen MR) is 73.8 cm³/mol. The Hall–Kier alpha value is -1.34. The lowest BCUT2D eigenvalue weighted by atomic mass is 10.2. The molecule has 0 heterocycles. The van der Waals surface area contributed by atoms with Gasteiger partial charge in [0, 0.05) is 12.6 Å². The highest BCUT2D eigenvalue weighted by Gasteiger charge is 2.03. The molecule has 0 spiro atoms. The van der Waals surface area contributed by atoms with Gasteiger partial charge < -0.3 is 10.1 Å². The van der Waals surface area contributed by atoms with E-state index in [1.54, 1.807) is 19.2 Å². The van der Waals surface area contributed by atoms with Crippen molar-refractivity contribution in [2.45, 2.75) is 12.8 Å². The fourth-order valence-corrected chi connectivity index (χ4v) is 1.98. The molecule has 3 nitrogen and oxygen atoms in total. The van der Waals surface area contributed by atoms with Gasteiger partial charge in [0.05, 0.1) is 18.4 Å². The van der Waals surface area contributed by atoms with Crippen LogP contribution in [0.3, 0.4) is 0 Å². The molecule has 4 heteroatoms. The monoisotopic (exact) mass is 250 g/mol. The summed E-state index contributed by atoms with van der Waals surface area (Å²) in [5.41, 5.74) is 1.52. The van der Waals surface area contributed by atoms with Gasteiger partial charge in [0.2, 0.25) is 0 Å². The number of thioether (sulfide) groups is 1. The first-order valence-corrected chi connectivity index (χ1v) is 7.02. The zero-order valence-corrected chi connectivity index (χ0v) is 11.1. The Labute approximate surface area is 107 Å². The molecule has 0 radical (unpaired) electrons. The average molecular weight is 250 g/mol. The van der Waals surface area contributed by atoms with Crippen molar-refractivity contribution in [1.82, 2.24) is 0 Å². The smallest absolute Gasteiger partial charge is 0.121 e. The van der Waals surface area contributed by atoms with Gasteiger partial charge >= 0.3 is 0 Å². The first-order valence-electron chi connectivity index (χ1n) is 5.62. The van der Waals surface area contributed by atoms with E-state index in [1.165, 1.54) is 12.2 Å². The molecule has 0 amide bonds. The van der Waals surface area contributed by atoms with Crippen LogP contribution in [-0.4, -0.2) is 25.7 Å². The number of nitriles is 1. The summed E-state index contributed by atoms with van der Waals surface area (Å²) in [7, 11) is 1.63. The van der Waals surface area contributed by atoms with Crippen LogP contribution in [0.4, 0.5) is 5.69 Å². The molecule has 0 unspecified atom stereocenters. The number of hydrogen-bond donors (Lipinski definition) is 1. The van der Waals surface area contributed by atoms with Crippen LogP contribution in [0, 0.1) is 11.3 Å². The fourth-order valence-electron chi connectivity index (χ4n) is 1.49. The van der Waals surface area contributed by atoms with Gasteiger partial charge in [-0.15, -0.1) is 0 Å². The van der Waals surface area contributed by atoms with E-state index in [9.17, 15) is 0 Å². The van der Waals surface area contributed by atoms with Crippen molar-refractivity contribution < 1.29 is 4.74 Å². The molecule has 0 saturated carbocycles. The molecule has 0 fully saturated rings. The lowest BCUT2D eigenvalue weighted by molar-refractivity contribution is 0.415. The van der Waals surface area contributed by atoms with Crippen molar-refractivity contribution in [1.29, 1.82) is 5.26 Å². The first-order chi connectivity index (χ1) is 8.31. The Balaban J connectivity index is 2.53. The van der Waals surface area contributed by atoms with E-state index in [1.807, 2.05) is 17.8 Å². The number of nitrogens with one attached hydrogen (secondary N) is 1. The average Bonchev–Trinajstić information content (AvgIpc) is 2.38. The largest absolute Gasteiger partial charge is 0.497 e. The summed E-state index contributed by atoms with van der Waals surface area (Å²) in [6.45, 7) is 0.891. The Morgan fingerprint density at radius 3 is 2.88 bits per heavy atom. The molecule has 17 heavy (non-hydrogen) atoms. The highest BCUT2D eigenvalue weighted by Crippen LogP contribution is 2.21. The summed E-state index contributed by atoms with van der Waals surface area (Å²) >= 11 is 1.86. The van der Waals surface area contributed by atoms with Crippen LogP contribution in [0.1, 0.15) is 18.4 Å². The van der Waals surface area contributed by atoms with Gasteiger partial charge in [-0.3, -0.25) is 0 Å². The molecule has 0 aromatic heterocycles. The molecule has 92 valence electrons. The summed E-state index contributed by atoms with van der Waals surface area (Å²) in [6.07, 6.45) is 4.42. The Bertz CT molecular complexity index is 387. The molecule has 1 N–H and O–H groups in total. The molecule has 1 aromatic carbocycles. The van der Waals surface area contributed by atoms with Crippen LogP contribution >= 0.6 is 11.8 Å². The second-order valence-corrected chi connectivity index (χ2v) is 4.64. The van der Waals surface area contributed by atoms with E-state index in [0.29, 0.717) is 5.56 Å². The predicted octanol–water partition coefficient (Wildman–Crippen LogP) is 3.12. The van der Waals surface area contributed by atoms with Crippen LogP contribution in [0.2, 0.25) is 0 Å². The Kier molecular flexibility index (Phi) is 6.34. The molecule has 0 aliphatic heterocycles. The van der Waals surface area contributed by atoms with Gasteiger partial charge in [-0.2, -0.15) is 17.0 Å². The standard InChI is InChI=1S/C13H18N2OS/c1-16-12-6-5-11(10-14)13(9-12)15-7-3-4-8-17-2/h5-6,9,15H,3-4,7-8H2,1-2H3. The molecule has 0 saturated heterocycles. The van der Waals surface area contributed by atoms with Gasteiger partial charge in [-0.05, 0) is 37.0 Å². The van der Waals surface area contributed by atoms with Crippen LogP contribution in [0.15, 0.2) is 18.2 Å². The third kappa shape index (κ3) is 4.58. The minimum atomic E-state index is 0.663. The summed E-state index contributed by atoms with van der Waals surface area (Å²) in [6, 6.07) is 7.63. The molecule has 0 aliphatic carbocycles. The number of methoxy groups -OCH3 is 1. The third-order valence-electron chi connectivity index (χ3n) is 2.44. The Morgan fingerprint density at radius 2 is 2.24 bits per heavy atom. The highest BCUT2D eigenvalue weighted by atomic mass is 32.2. The molecular formula is C13H18N2OS.